The number of hydrogen-bond acceptors (Lipinski definition) is 4. The molecule has 0 unspecified atom stereocenters. The number of aryl methyl sites for hydroxylation is 1. The van der Waals surface area contributed by atoms with Gasteiger partial charge in [-0.2, -0.15) is 5.26 Å². The van der Waals surface area contributed by atoms with Crippen LogP contribution in [0.1, 0.15) is 23.1 Å². The zero-order chi connectivity index (χ0) is 18.2. The third-order valence-electron chi connectivity index (χ3n) is 4.09. The maximum Gasteiger partial charge on any atom is 0.118 e. The molecule has 0 fully saturated rings. The lowest BCUT2D eigenvalue weighted by molar-refractivity contribution is 0.402. The summed E-state index contributed by atoms with van der Waals surface area (Å²) in [7, 11) is 5.83. The molecular weight excluding hydrogens is 310 g/mol. The van der Waals surface area contributed by atoms with Crippen LogP contribution >= 0.6 is 0 Å². The highest BCUT2D eigenvalue weighted by Crippen LogP contribution is 2.25. The molecule has 0 aliphatic rings. The highest BCUT2D eigenvalue weighted by atomic mass is 16.5. The van der Waals surface area contributed by atoms with Gasteiger partial charge in [-0.25, -0.2) is 0 Å². The Morgan fingerprint density at radius 1 is 1.04 bits per heavy atom. The van der Waals surface area contributed by atoms with E-state index in [2.05, 4.69) is 67.2 Å². The Kier molecular flexibility index (Phi) is 6.85. The molecule has 0 amide bonds. The van der Waals surface area contributed by atoms with Gasteiger partial charge in [-0.1, -0.05) is 29.8 Å². The second kappa shape index (κ2) is 9.10. The van der Waals surface area contributed by atoms with Crippen molar-refractivity contribution in [2.75, 3.05) is 32.6 Å². The molecule has 0 aliphatic carbocycles. The van der Waals surface area contributed by atoms with Gasteiger partial charge < -0.3 is 14.5 Å². The van der Waals surface area contributed by atoms with Crippen molar-refractivity contribution in [3.8, 4) is 11.8 Å². The van der Waals surface area contributed by atoms with Crippen LogP contribution in [0.2, 0.25) is 0 Å². The van der Waals surface area contributed by atoms with E-state index in [1.54, 1.807) is 7.11 Å². The number of rotatable bonds is 8. The van der Waals surface area contributed by atoms with Crippen molar-refractivity contribution in [1.82, 2.24) is 4.90 Å². The molecule has 2 aromatic carbocycles. The van der Waals surface area contributed by atoms with E-state index >= 15 is 0 Å². The monoisotopic (exact) mass is 337 g/mol. The van der Waals surface area contributed by atoms with E-state index in [-0.39, 0.29) is 0 Å². The Balaban J connectivity index is 2.31. The van der Waals surface area contributed by atoms with Gasteiger partial charge in [0.1, 0.15) is 5.75 Å². The first-order valence-corrected chi connectivity index (χ1v) is 8.52. The molecule has 0 radical (unpaired) electrons. The fourth-order valence-corrected chi connectivity index (χ4v) is 2.91. The third kappa shape index (κ3) is 5.51. The number of anilines is 1. The van der Waals surface area contributed by atoms with E-state index in [1.807, 2.05) is 12.1 Å². The van der Waals surface area contributed by atoms with E-state index in [0.717, 1.165) is 18.8 Å². The largest absolute Gasteiger partial charge is 0.497 e. The van der Waals surface area contributed by atoms with E-state index in [1.165, 1.54) is 22.4 Å². The molecule has 2 aromatic rings. The van der Waals surface area contributed by atoms with Gasteiger partial charge in [-0.05, 0) is 50.3 Å². The summed E-state index contributed by atoms with van der Waals surface area (Å²) in [5, 5.41) is 9.05. The number of methoxy groups -OCH3 is 1. The molecule has 0 N–H and O–H groups in total. The molecule has 0 saturated heterocycles. The standard InChI is InChI=1S/C21H27N3O/c1-17-6-11-21(19(14-17)16-23(2)3)24(13-5-12-22)15-18-7-9-20(25-4)10-8-18/h6-11,14H,5,13,15-16H2,1-4H3. The lowest BCUT2D eigenvalue weighted by Gasteiger charge is -2.28. The van der Waals surface area contributed by atoms with Crippen LogP contribution in [0.3, 0.4) is 0 Å². The molecule has 0 bridgehead atoms. The number of nitrogens with zero attached hydrogens (tertiary/aromatic N) is 3. The Hall–Kier alpha value is -2.51. The van der Waals surface area contributed by atoms with Gasteiger partial charge >= 0.3 is 0 Å². The van der Waals surface area contributed by atoms with Crippen molar-refractivity contribution in [1.29, 1.82) is 5.26 Å². The maximum absolute atomic E-state index is 9.05. The third-order valence-corrected chi connectivity index (χ3v) is 4.09. The van der Waals surface area contributed by atoms with Gasteiger partial charge in [0.05, 0.1) is 19.6 Å². The van der Waals surface area contributed by atoms with Crippen LogP contribution in [0.4, 0.5) is 5.69 Å². The summed E-state index contributed by atoms with van der Waals surface area (Å²) in [6.07, 6.45) is 0.505. The molecule has 2 rings (SSSR count). The van der Waals surface area contributed by atoms with Gasteiger partial charge in [0.15, 0.2) is 0 Å². The first-order chi connectivity index (χ1) is 12.0. The average Bonchev–Trinajstić information content (AvgIpc) is 2.59. The smallest absolute Gasteiger partial charge is 0.118 e. The number of nitriles is 1. The zero-order valence-corrected chi connectivity index (χ0v) is 15.6. The van der Waals surface area contributed by atoms with Gasteiger partial charge in [-0.15, -0.1) is 0 Å². The molecule has 4 nitrogen and oxygen atoms in total. The SMILES string of the molecule is COc1ccc(CN(CCC#N)c2ccc(C)cc2CN(C)C)cc1. The Labute approximate surface area is 151 Å². The molecule has 0 aliphatic heterocycles. The van der Waals surface area contributed by atoms with E-state index in [0.29, 0.717) is 13.0 Å². The van der Waals surface area contributed by atoms with Crippen LogP contribution in [0.15, 0.2) is 42.5 Å². The highest BCUT2D eigenvalue weighted by Gasteiger charge is 2.13. The predicted molar refractivity (Wildman–Crippen MR) is 103 cm³/mol. The fourth-order valence-electron chi connectivity index (χ4n) is 2.91. The lowest BCUT2D eigenvalue weighted by Crippen LogP contribution is -2.26. The summed E-state index contributed by atoms with van der Waals surface area (Å²) in [5.41, 5.74) is 4.95. The van der Waals surface area contributed by atoms with Crippen molar-refractivity contribution in [2.24, 2.45) is 0 Å². The van der Waals surface area contributed by atoms with Crippen molar-refractivity contribution in [3.63, 3.8) is 0 Å². The van der Waals surface area contributed by atoms with Crippen LogP contribution in [0.5, 0.6) is 5.75 Å². The van der Waals surface area contributed by atoms with Crippen LogP contribution < -0.4 is 9.64 Å². The van der Waals surface area contributed by atoms with Crippen molar-refractivity contribution in [3.05, 3.63) is 59.2 Å². The zero-order valence-electron chi connectivity index (χ0n) is 15.6. The minimum absolute atomic E-state index is 0.505. The van der Waals surface area contributed by atoms with Crippen LogP contribution in [-0.2, 0) is 13.1 Å². The van der Waals surface area contributed by atoms with Crippen LogP contribution in [-0.4, -0.2) is 32.6 Å². The van der Waals surface area contributed by atoms with Crippen molar-refractivity contribution >= 4 is 5.69 Å². The van der Waals surface area contributed by atoms with Gasteiger partial charge in [0, 0.05) is 25.3 Å². The van der Waals surface area contributed by atoms with Gasteiger partial charge in [-0.3, -0.25) is 0 Å². The van der Waals surface area contributed by atoms with Crippen LogP contribution in [0, 0.1) is 18.3 Å². The highest BCUT2D eigenvalue weighted by molar-refractivity contribution is 5.55. The fraction of sp³-hybridized carbons (Fsp3) is 0.381. The topological polar surface area (TPSA) is 39.5 Å². The maximum atomic E-state index is 9.05. The van der Waals surface area contributed by atoms with Crippen LogP contribution in [0.25, 0.3) is 0 Å². The Morgan fingerprint density at radius 2 is 1.76 bits per heavy atom. The number of benzene rings is 2. The second-order valence-electron chi connectivity index (χ2n) is 6.55. The van der Waals surface area contributed by atoms with E-state index in [4.69, 9.17) is 10.00 Å². The second-order valence-corrected chi connectivity index (χ2v) is 6.55. The van der Waals surface area contributed by atoms with Gasteiger partial charge in [0.2, 0.25) is 0 Å². The van der Waals surface area contributed by atoms with E-state index < -0.39 is 0 Å². The minimum Gasteiger partial charge on any atom is -0.497 e. The summed E-state index contributed by atoms with van der Waals surface area (Å²) < 4.78 is 5.24. The summed E-state index contributed by atoms with van der Waals surface area (Å²) >= 11 is 0. The first kappa shape index (κ1) is 18.8. The Bertz CT molecular complexity index is 717. The molecule has 0 aromatic heterocycles. The lowest BCUT2D eigenvalue weighted by atomic mass is 10.1. The molecule has 0 atom stereocenters. The van der Waals surface area contributed by atoms with Crippen molar-refractivity contribution < 1.29 is 4.74 Å². The van der Waals surface area contributed by atoms with E-state index in [9.17, 15) is 0 Å². The summed E-state index contributed by atoms with van der Waals surface area (Å²) in [6, 6.07) is 16.9. The predicted octanol–water partition coefficient (Wildman–Crippen LogP) is 3.99. The molecular formula is C21H27N3O. The molecule has 0 heterocycles. The summed E-state index contributed by atoms with van der Waals surface area (Å²) in [4.78, 5) is 4.47. The summed E-state index contributed by atoms with van der Waals surface area (Å²) in [5.74, 6) is 0.857. The number of hydrogen-bond donors (Lipinski definition) is 0. The van der Waals surface area contributed by atoms with Gasteiger partial charge in [0.25, 0.3) is 0 Å². The number of ether oxygens (including phenoxy) is 1. The normalized spacial score (nSPS) is 10.6. The molecule has 25 heavy (non-hydrogen) atoms. The van der Waals surface area contributed by atoms with Crippen molar-refractivity contribution in [2.45, 2.75) is 26.4 Å². The first-order valence-electron chi connectivity index (χ1n) is 8.52. The summed E-state index contributed by atoms with van der Waals surface area (Å²) in [6.45, 7) is 4.48. The molecule has 0 spiro atoms. The Morgan fingerprint density at radius 3 is 2.36 bits per heavy atom. The quantitative estimate of drug-likeness (QED) is 0.730. The average molecular weight is 337 g/mol. The molecule has 132 valence electrons. The molecule has 4 heteroatoms. The molecule has 0 saturated carbocycles. The minimum atomic E-state index is 0.505.